The van der Waals surface area contributed by atoms with Gasteiger partial charge in [-0.3, -0.25) is 0 Å². The van der Waals surface area contributed by atoms with Gasteiger partial charge in [0.15, 0.2) is 0 Å². The van der Waals surface area contributed by atoms with Gasteiger partial charge in [0.1, 0.15) is 5.82 Å². The molecule has 1 fully saturated rings. The summed E-state index contributed by atoms with van der Waals surface area (Å²) >= 11 is 12.2. The molecule has 126 valence electrons. The highest BCUT2D eigenvalue weighted by molar-refractivity contribution is 6.36. The molecule has 1 N–H and O–H groups in total. The van der Waals surface area contributed by atoms with Crippen LogP contribution in [0.4, 0.5) is 10.6 Å². The van der Waals surface area contributed by atoms with Crippen molar-refractivity contribution in [3.05, 3.63) is 46.6 Å². The van der Waals surface area contributed by atoms with Gasteiger partial charge in [-0.2, -0.15) is 0 Å². The van der Waals surface area contributed by atoms with E-state index in [1.54, 1.807) is 18.3 Å². The van der Waals surface area contributed by atoms with Crippen LogP contribution in [0.1, 0.15) is 6.42 Å². The van der Waals surface area contributed by atoms with E-state index in [9.17, 15) is 4.79 Å². The largest absolute Gasteiger partial charge is 0.465 e. The molecule has 0 spiro atoms. The van der Waals surface area contributed by atoms with Crippen molar-refractivity contribution >= 4 is 35.1 Å². The fourth-order valence-corrected chi connectivity index (χ4v) is 3.31. The molecule has 3 rings (SSSR count). The van der Waals surface area contributed by atoms with Crippen molar-refractivity contribution in [3.8, 4) is 11.1 Å². The van der Waals surface area contributed by atoms with Gasteiger partial charge in [-0.05, 0) is 30.7 Å². The number of aromatic nitrogens is 1. The molecule has 1 aliphatic heterocycles. The van der Waals surface area contributed by atoms with Gasteiger partial charge in [0.25, 0.3) is 0 Å². The van der Waals surface area contributed by atoms with Crippen LogP contribution in [0.25, 0.3) is 11.1 Å². The average molecular weight is 366 g/mol. The maximum Gasteiger partial charge on any atom is 0.407 e. The van der Waals surface area contributed by atoms with E-state index in [2.05, 4.69) is 9.88 Å². The zero-order valence-electron chi connectivity index (χ0n) is 13.0. The molecule has 0 bridgehead atoms. The summed E-state index contributed by atoms with van der Waals surface area (Å²) in [6.07, 6.45) is 1.71. The highest BCUT2D eigenvalue weighted by atomic mass is 35.5. The first-order chi connectivity index (χ1) is 11.5. The molecule has 1 aromatic carbocycles. The number of benzene rings is 1. The molecule has 0 atom stereocenters. The maximum atomic E-state index is 11.1. The zero-order chi connectivity index (χ0) is 17.1. The lowest BCUT2D eigenvalue weighted by atomic mass is 10.1. The Morgan fingerprint density at radius 3 is 2.58 bits per heavy atom. The average Bonchev–Trinajstić information content (AvgIpc) is 2.81. The van der Waals surface area contributed by atoms with Gasteiger partial charge in [0, 0.05) is 53.5 Å². The van der Waals surface area contributed by atoms with Gasteiger partial charge < -0.3 is 14.9 Å². The minimum Gasteiger partial charge on any atom is -0.465 e. The summed E-state index contributed by atoms with van der Waals surface area (Å²) in [5, 5.41) is 10.3. The Balaban J connectivity index is 1.76. The topological polar surface area (TPSA) is 56.7 Å². The molecule has 0 aliphatic carbocycles. The number of carboxylic acid groups (broad SMARTS) is 1. The summed E-state index contributed by atoms with van der Waals surface area (Å²) in [5.41, 5.74) is 1.80. The second-order valence-electron chi connectivity index (χ2n) is 5.64. The van der Waals surface area contributed by atoms with Crippen molar-refractivity contribution in [1.29, 1.82) is 0 Å². The van der Waals surface area contributed by atoms with Crippen LogP contribution < -0.4 is 4.90 Å². The third-order valence-electron chi connectivity index (χ3n) is 4.08. The van der Waals surface area contributed by atoms with Crippen molar-refractivity contribution in [1.82, 2.24) is 9.88 Å². The summed E-state index contributed by atoms with van der Waals surface area (Å²) in [4.78, 5) is 19.2. The molecule has 0 unspecified atom stereocenters. The maximum absolute atomic E-state index is 11.1. The van der Waals surface area contributed by atoms with Crippen molar-refractivity contribution in [2.45, 2.75) is 6.42 Å². The van der Waals surface area contributed by atoms with E-state index in [4.69, 9.17) is 28.3 Å². The van der Waals surface area contributed by atoms with Gasteiger partial charge >= 0.3 is 6.09 Å². The lowest BCUT2D eigenvalue weighted by molar-refractivity contribution is 0.148. The first-order valence-corrected chi connectivity index (χ1v) is 8.44. The number of amides is 1. The second kappa shape index (κ2) is 7.28. The number of hydrogen-bond donors (Lipinski definition) is 1. The highest BCUT2D eigenvalue weighted by Gasteiger charge is 2.19. The monoisotopic (exact) mass is 365 g/mol. The van der Waals surface area contributed by atoms with E-state index in [-0.39, 0.29) is 0 Å². The van der Waals surface area contributed by atoms with E-state index in [1.165, 1.54) is 4.90 Å². The minimum atomic E-state index is -0.863. The predicted octanol–water partition coefficient (Wildman–Crippen LogP) is 4.25. The quantitative estimate of drug-likeness (QED) is 0.864. The molecule has 1 saturated heterocycles. The number of pyridine rings is 1. The first-order valence-electron chi connectivity index (χ1n) is 7.69. The van der Waals surface area contributed by atoms with E-state index in [1.807, 2.05) is 18.2 Å². The standard InChI is InChI=1S/C17H17Cl2N3O2/c18-13-3-4-14(15(19)10-13)12-2-5-16(20-11-12)21-6-1-7-22(9-8-21)17(23)24/h2-5,10-11H,1,6-9H2,(H,23,24). The summed E-state index contributed by atoms with van der Waals surface area (Å²) < 4.78 is 0. The van der Waals surface area contributed by atoms with Gasteiger partial charge in [-0.15, -0.1) is 0 Å². The molecule has 24 heavy (non-hydrogen) atoms. The number of rotatable bonds is 2. The number of halogens is 2. The van der Waals surface area contributed by atoms with Crippen LogP contribution in [-0.4, -0.2) is 47.3 Å². The molecule has 0 radical (unpaired) electrons. The molecular weight excluding hydrogens is 349 g/mol. The molecule has 1 aliphatic rings. The van der Waals surface area contributed by atoms with Crippen molar-refractivity contribution in [3.63, 3.8) is 0 Å². The summed E-state index contributed by atoms with van der Waals surface area (Å²) in [6, 6.07) is 9.29. The molecule has 7 heteroatoms. The number of carbonyl (C=O) groups is 1. The van der Waals surface area contributed by atoms with Crippen molar-refractivity contribution in [2.24, 2.45) is 0 Å². The Morgan fingerprint density at radius 1 is 1.08 bits per heavy atom. The number of hydrogen-bond acceptors (Lipinski definition) is 3. The van der Waals surface area contributed by atoms with Crippen LogP contribution >= 0.6 is 23.2 Å². The third-order valence-corrected chi connectivity index (χ3v) is 4.63. The number of anilines is 1. The molecule has 0 saturated carbocycles. The van der Waals surface area contributed by atoms with Crippen molar-refractivity contribution < 1.29 is 9.90 Å². The van der Waals surface area contributed by atoms with E-state index < -0.39 is 6.09 Å². The van der Waals surface area contributed by atoms with Crippen LogP contribution in [0.3, 0.4) is 0 Å². The van der Waals surface area contributed by atoms with Gasteiger partial charge in [-0.25, -0.2) is 9.78 Å². The molecular formula is C17H17Cl2N3O2. The lowest BCUT2D eigenvalue weighted by Gasteiger charge is -2.22. The SMILES string of the molecule is O=C(O)N1CCCN(c2ccc(-c3ccc(Cl)cc3Cl)cn2)CC1. The van der Waals surface area contributed by atoms with Gasteiger partial charge in [0.2, 0.25) is 0 Å². The van der Waals surface area contributed by atoms with Gasteiger partial charge in [-0.1, -0.05) is 29.3 Å². The Labute approximate surface area is 150 Å². The highest BCUT2D eigenvalue weighted by Crippen LogP contribution is 2.30. The van der Waals surface area contributed by atoms with E-state index in [0.717, 1.165) is 29.9 Å². The van der Waals surface area contributed by atoms with Crippen LogP contribution in [0, 0.1) is 0 Å². The predicted molar refractivity (Wildman–Crippen MR) is 96.1 cm³/mol. The summed E-state index contributed by atoms with van der Waals surface area (Å²) in [5.74, 6) is 0.844. The number of nitrogens with zero attached hydrogens (tertiary/aromatic N) is 3. The summed E-state index contributed by atoms with van der Waals surface area (Å²) in [7, 11) is 0. The van der Waals surface area contributed by atoms with E-state index >= 15 is 0 Å². The van der Waals surface area contributed by atoms with Crippen LogP contribution in [0.2, 0.25) is 10.0 Å². The normalized spacial score (nSPS) is 15.2. The van der Waals surface area contributed by atoms with Gasteiger partial charge in [0.05, 0.1) is 0 Å². The van der Waals surface area contributed by atoms with Crippen LogP contribution in [-0.2, 0) is 0 Å². The zero-order valence-corrected chi connectivity index (χ0v) is 14.5. The Morgan fingerprint density at radius 2 is 1.92 bits per heavy atom. The first kappa shape index (κ1) is 16.9. The Hall–Kier alpha value is -1.98. The minimum absolute atomic E-state index is 0.488. The molecule has 1 aromatic heterocycles. The van der Waals surface area contributed by atoms with Crippen molar-refractivity contribution in [2.75, 3.05) is 31.1 Å². The lowest BCUT2D eigenvalue weighted by Crippen LogP contribution is -2.34. The third kappa shape index (κ3) is 3.74. The van der Waals surface area contributed by atoms with Crippen LogP contribution in [0.15, 0.2) is 36.5 Å². The Kier molecular flexibility index (Phi) is 5.11. The molecule has 2 aromatic rings. The summed E-state index contributed by atoms with van der Waals surface area (Å²) in [6.45, 7) is 2.48. The fourth-order valence-electron chi connectivity index (χ4n) is 2.79. The van der Waals surface area contributed by atoms with Crippen LogP contribution in [0.5, 0.6) is 0 Å². The van der Waals surface area contributed by atoms with E-state index in [0.29, 0.717) is 29.7 Å². The second-order valence-corrected chi connectivity index (χ2v) is 6.48. The fraction of sp³-hybridized carbons (Fsp3) is 0.294. The molecule has 2 heterocycles. The Bertz CT molecular complexity index is 737. The smallest absolute Gasteiger partial charge is 0.407 e. The molecule has 5 nitrogen and oxygen atoms in total. The molecule has 1 amide bonds.